The summed E-state index contributed by atoms with van der Waals surface area (Å²) in [5.74, 6) is 2.52. The van der Waals surface area contributed by atoms with Gasteiger partial charge in [0.2, 0.25) is 0 Å². The molecule has 3 heteroatoms. The third kappa shape index (κ3) is 4.34. The summed E-state index contributed by atoms with van der Waals surface area (Å²) in [5.41, 5.74) is 6.22. The first-order valence-corrected chi connectivity index (χ1v) is 8.71. The Balaban J connectivity index is 2.73. The molecule has 0 saturated heterocycles. The Kier molecular flexibility index (Phi) is 5.85. The molecule has 1 aliphatic carbocycles. The zero-order valence-corrected chi connectivity index (χ0v) is 13.6. The molecule has 108 valence electrons. The Labute approximate surface area is 116 Å². The van der Waals surface area contributed by atoms with Crippen LogP contribution in [0, 0.1) is 23.2 Å². The van der Waals surface area contributed by atoms with Gasteiger partial charge in [-0.2, -0.15) is 0 Å². The van der Waals surface area contributed by atoms with E-state index in [1.165, 1.54) is 6.42 Å². The van der Waals surface area contributed by atoms with Crippen molar-refractivity contribution in [3.8, 4) is 0 Å². The van der Waals surface area contributed by atoms with Gasteiger partial charge in [-0.1, -0.05) is 34.6 Å². The van der Waals surface area contributed by atoms with Crippen LogP contribution in [-0.2, 0) is 10.8 Å². The smallest absolute Gasteiger partial charge is 0.0391 e. The van der Waals surface area contributed by atoms with Crippen LogP contribution in [0.1, 0.15) is 53.9 Å². The fraction of sp³-hybridized carbons (Fsp3) is 1.00. The fourth-order valence-corrected chi connectivity index (χ4v) is 5.05. The van der Waals surface area contributed by atoms with Crippen molar-refractivity contribution in [2.75, 3.05) is 12.3 Å². The molecule has 18 heavy (non-hydrogen) atoms. The monoisotopic (exact) mass is 273 g/mol. The van der Waals surface area contributed by atoms with E-state index in [0.717, 1.165) is 18.6 Å². The molecule has 1 saturated carbocycles. The van der Waals surface area contributed by atoms with E-state index >= 15 is 0 Å². The van der Waals surface area contributed by atoms with Gasteiger partial charge in [0.1, 0.15) is 0 Å². The maximum atomic E-state index is 12.5. The van der Waals surface area contributed by atoms with Gasteiger partial charge < -0.3 is 5.73 Å². The van der Waals surface area contributed by atoms with Crippen LogP contribution >= 0.6 is 0 Å². The van der Waals surface area contributed by atoms with E-state index in [1.807, 2.05) is 0 Å². The van der Waals surface area contributed by atoms with Gasteiger partial charge in [-0.25, -0.2) is 0 Å². The second kappa shape index (κ2) is 6.51. The second-order valence-corrected chi connectivity index (χ2v) is 9.05. The van der Waals surface area contributed by atoms with Gasteiger partial charge in [0.05, 0.1) is 0 Å². The Hall–Kier alpha value is 0.110. The summed E-state index contributed by atoms with van der Waals surface area (Å²) in [6.07, 6.45) is 3.51. The van der Waals surface area contributed by atoms with E-state index in [-0.39, 0.29) is 0 Å². The van der Waals surface area contributed by atoms with Crippen molar-refractivity contribution >= 4 is 10.8 Å². The van der Waals surface area contributed by atoms with Crippen molar-refractivity contribution in [3.63, 3.8) is 0 Å². The van der Waals surface area contributed by atoms with Gasteiger partial charge in [0.25, 0.3) is 0 Å². The van der Waals surface area contributed by atoms with E-state index in [2.05, 4.69) is 34.6 Å². The van der Waals surface area contributed by atoms with Gasteiger partial charge in [0.15, 0.2) is 0 Å². The maximum Gasteiger partial charge on any atom is 0.0391 e. The molecule has 2 nitrogen and oxygen atoms in total. The van der Waals surface area contributed by atoms with Crippen molar-refractivity contribution in [2.45, 2.75) is 59.1 Å². The van der Waals surface area contributed by atoms with Crippen molar-refractivity contribution in [2.24, 2.45) is 28.9 Å². The summed E-state index contributed by atoms with van der Waals surface area (Å²) in [6.45, 7) is 11.9. The van der Waals surface area contributed by atoms with E-state index in [9.17, 15) is 4.21 Å². The van der Waals surface area contributed by atoms with Crippen molar-refractivity contribution in [1.82, 2.24) is 0 Å². The van der Waals surface area contributed by atoms with Gasteiger partial charge in [-0.05, 0) is 49.0 Å². The van der Waals surface area contributed by atoms with Crippen LogP contribution in [0.25, 0.3) is 0 Å². The molecule has 0 amide bonds. The molecule has 1 aliphatic rings. The zero-order valence-electron chi connectivity index (χ0n) is 12.7. The average molecular weight is 273 g/mol. The normalized spacial score (nSPS) is 31.6. The van der Waals surface area contributed by atoms with E-state index < -0.39 is 10.8 Å². The first-order valence-electron chi connectivity index (χ1n) is 7.33. The summed E-state index contributed by atoms with van der Waals surface area (Å²) >= 11 is 0. The lowest BCUT2D eigenvalue weighted by atomic mass is 9.69. The Bertz CT molecular complexity index is 283. The summed E-state index contributed by atoms with van der Waals surface area (Å²) in [7, 11) is -0.702. The fourth-order valence-electron chi connectivity index (χ4n) is 3.02. The van der Waals surface area contributed by atoms with E-state index in [4.69, 9.17) is 5.73 Å². The van der Waals surface area contributed by atoms with Crippen molar-refractivity contribution in [1.29, 1.82) is 0 Å². The molecule has 0 bridgehead atoms. The minimum atomic E-state index is -0.702. The lowest BCUT2D eigenvalue weighted by molar-refractivity contribution is 0.156. The van der Waals surface area contributed by atoms with Gasteiger partial charge in [-0.3, -0.25) is 4.21 Å². The quantitative estimate of drug-likeness (QED) is 0.855. The Morgan fingerprint density at radius 1 is 1.28 bits per heavy atom. The highest BCUT2D eigenvalue weighted by molar-refractivity contribution is 7.85. The van der Waals surface area contributed by atoms with E-state index in [1.54, 1.807) is 0 Å². The predicted octanol–water partition coefficient (Wildman–Crippen LogP) is 3.18. The van der Waals surface area contributed by atoms with Crippen LogP contribution in [0.15, 0.2) is 0 Å². The van der Waals surface area contributed by atoms with Crippen LogP contribution in [0.3, 0.4) is 0 Å². The summed E-state index contributed by atoms with van der Waals surface area (Å²) in [6, 6.07) is 0. The van der Waals surface area contributed by atoms with Crippen LogP contribution in [-0.4, -0.2) is 21.8 Å². The standard InChI is InChI=1S/C15H31NOS/c1-11(2)10-18(17)14-8-13(15(3,4)5)7-6-12(14)9-16/h11-14H,6-10,16H2,1-5H3. The molecular weight excluding hydrogens is 242 g/mol. The molecule has 0 aromatic carbocycles. The average Bonchev–Trinajstić information content (AvgIpc) is 2.26. The first-order chi connectivity index (χ1) is 8.25. The van der Waals surface area contributed by atoms with Gasteiger partial charge >= 0.3 is 0 Å². The van der Waals surface area contributed by atoms with Crippen LogP contribution < -0.4 is 5.73 Å². The molecule has 4 unspecified atom stereocenters. The van der Waals surface area contributed by atoms with Gasteiger partial charge in [-0.15, -0.1) is 0 Å². The van der Waals surface area contributed by atoms with Crippen LogP contribution in [0.5, 0.6) is 0 Å². The largest absolute Gasteiger partial charge is 0.330 e. The number of hydrogen-bond donors (Lipinski definition) is 1. The predicted molar refractivity (Wildman–Crippen MR) is 81.0 cm³/mol. The third-order valence-electron chi connectivity index (χ3n) is 4.29. The summed E-state index contributed by atoms with van der Waals surface area (Å²) in [5, 5.41) is 0.329. The molecule has 1 fully saturated rings. The lowest BCUT2D eigenvalue weighted by Gasteiger charge is -2.41. The molecular formula is C15H31NOS. The highest BCUT2D eigenvalue weighted by atomic mass is 32.2. The third-order valence-corrected chi connectivity index (χ3v) is 6.54. The Morgan fingerprint density at radius 3 is 2.33 bits per heavy atom. The van der Waals surface area contributed by atoms with Crippen molar-refractivity contribution in [3.05, 3.63) is 0 Å². The molecule has 0 aromatic rings. The van der Waals surface area contributed by atoms with Crippen molar-refractivity contribution < 1.29 is 4.21 Å². The molecule has 1 rings (SSSR count). The maximum absolute atomic E-state index is 12.5. The number of hydrogen-bond acceptors (Lipinski definition) is 2. The molecule has 0 aliphatic heterocycles. The van der Waals surface area contributed by atoms with Crippen LogP contribution in [0.2, 0.25) is 0 Å². The number of nitrogens with two attached hydrogens (primary N) is 1. The molecule has 2 N–H and O–H groups in total. The molecule has 0 heterocycles. The summed E-state index contributed by atoms with van der Waals surface area (Å²) in [4.78, 5) is 0. The summed E-state index contributed by atoms with van der Waals surface area (Å²) < 4.78 is 12.5. The highest BCUT2D eigenvalue weighted by Gasteiger charge is 2.37. The lowest BCUT2D eigenvalue weighted by Crippen LogP contribution is -2.41. The highest BCUT2D eigenvalue weighted by Crippen LogP contribution is 2.41. The minimum absolute atomic E-state index is 0.329. The van der Waals surface area contributed by atoms with Gasteiger partial charge in [0, 0.05) is 21.8 Å². The number of rotatable bonds is 4. The molecule has 0 spiro atoms. The first kappa shape index (κ1) is 16.2. The Morgan fingerprint density at radius 2 is 1.89 bits per heavy atom. The second-order valence-electron chi connectivity index (χ2n) is 7.35. The zero-order chi connectivity index (χ0) is 13.9. The molecule has 0 aromatic heterocycles. The SMILES string of the molecule is CC(C)CS(=O)C1CC(C(C)(C)C)CCC1CN. The molecule has 0 radical (unpaired) electrons. The molecule has 4 atom stereocenters. The van der Waals surface area contributed by atoms with E-state index in [0.29, 0.717) is 35.0 Å². The topological polar surface area (TPSA) is 43.1 Å². The minimum Gasteiger partial charge on any atom is -0.330 e. The van der Waals surface area contributed by atoms with Crippen LogP contribution in [0.4, 0.5) is 0 Å².